The molecule has 2 aromatic rings. The van der Waals surface area contributed by atoms with Crippen molar-refractivity contribution in [3.63, 3.8) is 0 Å². The zero-order valence-electron chi connectivity index (χ0n) is 22.2. The number of allylic oxidation sites excluding steroid dienone is 5. The largest absolute Gasteiger partial charge is 0.381 e. The third kappa shape index (κ3) is 5.76. The van der Waals surface area contributed by atoms with Crippen molar-refractivity contribution in [2.24, 2.45) is 16.8 Å². The molecular weight excluding hydrogens is 426 g/mol. The van der Waals surface area contributed by atoms with Gasteiger partial charge in [0.15, 0.2) is 0 Å². The molecule has 0 amide bonds. The summed E-state index contributed by atoms with van der Waals surface area (Å²) in [4.78, 5) is 5.35. The molecule has 5 rings (SSSR count). The van der Waals surface area contributed by atoms with Gasteiger partial charge in [-0.25, -0.2) is 0 Å². The van der Waals surface area contributed by atoms with E-state index in [0.29, 0.717) is 11.8 Å². The summed E-state index contributed by atoms with van der Waals surface area (Å²) in [6, 6.07) is 13.9. The van der Waals surface area contributed by atoms with E-state index in [9.17, 15) is 0 Å². The fourth-order valence-corrected chi connectivity index (χ4v) is 5.45. The summed E-state index contributed by atoms with van der Waals surface area (Å²) in [6.45, 7) is 12.4. The lowest BCUT2D eigenvalue weighted by molar-refractivity contribution is 0.0441. The minimum Gasteiger partial charge on any atom is -0.381 e. The highest BCUT2D eigenvalue weighted by Gasteiger charge is 2.30. The number of ether oxygens (including phenoxy) is 1. The summed E-state index contributed by atoms with van der Waals surface area (Å²) >= 11 is 0. The van der Waals surface area contributed by atoms with Crippen LogP contribution in [0.4, 0.5) is 0 Å². The maximum absolute atomic E-state index is 5.78. The van der Waals surface area contributed by atoms with E-state index in [1.54, 1.807) is 0 Å². The Morgan fingerprint density at radius 3 is 2.60 bits per heavy atom. The third-order valence-electron chi connectivity index (χ3n) is 7.51. The van der Waals surface area contributed by atoms with Crippen molar-refractivity contribution in [3.8, 4) is 11.1 Å². The van der Waals surface area contributed by atoms with Crippen molar-refractivity contribution in [2.45, 2.75) is 66.7 Å². The van der Waals surface area contributed by atoms with E-state index < -0.39 is 0 Å². The van der Waals surface area contributed by atoms with Crippen molar-refractivity contribution in [2.75, 3.05) is 13.2 Å². The van der Waals surface area contributed by atoms with Crippen LogP contribution >= 0.6 is 0 Å². The zero-order valence-corrected chi connectivity index (χ0v) is 22.2. The SMILES string of the molecule is CC.CCc1cc(-c2ccc3c(c2)CC=C(CC2=CC=CC2)N=C3C2CCOC[C@@H]2C)ccc1C.[HH]. The second kappa shape index (κ2) is 11.8. The van der Waals surface area contributed by atoms with Gasteiger partial charge in [-0.15, -0.1) is 0 Å². The van der Waals surface area contributed by atoms with Gasteiger partial charge >= 0.3 is 0 Å². The fraction of sp³-hybridized carbons (Fsp3) is 0.424. The molecule has 2 heterocycles. The Labute approximate surface area is 214 Å². The molecular formula is C33H43NO. The van der Waals surface area contributed by atoms with Crippen LogP contribution in [0.25, 0.3) is 11.1 Å². The Kier molecular flexibility index (Phi) is 8.57. The Hall–Kier alpha value is -2.71. The predicted octanol–water partition coefficient (Wildman–Crippen LogP) is 8.67. The van der Waals surface area contributed by atoms with Gasteiger partial charge in [0.2, 0.25) is 0 Å². The molecule has 1 fully saturated rings. The first-order valence-corrected chi connectivity index (χ1v) is 13.6. The van der Waals surface area contributed by atoms with Crippen LogP contribution in [0.1, 0.15) is 70.6 Å². The van der Waals surface area contributed by atoms with Crippen molar-refractivity contribution in [3.05, 3.63) is 94.2 Å². The van der Waals surface area contributed by atoms with Crippen LogP contribution < -0.4 is 0 Å². The van der Waals surface area contributed by atoms with Gasteiger partial charge in [0.05, 0.1) is 5.71 Å². The number of nitrogens with zero attached hydrogens (tertiary/aromatic N) is 1. The summed E-state index contributed by atoms with van der Waals surface area (Å²) in [5, 5.41) is 0. The molecule has 2 heteroatoms. The molecule has 1 unspecified atom stereocenters. The molecule has 0 bridgehead atoms. The quantitative estimate of drug-likeness (QED) is 0.429. The molecule has 186 valence electrons. The number of rotatable bonds is 5. The highest BCUT2D eigenvalue weighted by Crippen LogP contribution is 2.34. The van der Waals surface area contributed by atoms with Gasteiger partial charge in [-0.1, -0.05) is 94.0 Å². The molecule has 0 saturated carbocycles. The Bertz CT molecular complexity index is 1170. The number of aliphatic imine (C=N–C) groups is 1. The lowest BCUT2D eigenvalue weighted by atomic mass is 9.81. The standard InChI is InChI=1S/C31H35NO.C2H6.H2/c1-4-24-18-25(10-9-21(24)2)26-12-14-30-27(19-26)11-13-28(17-23-7-5-6-8-23)32-31(30)29-15-16-33-20-22(29)3;1-2;/h5-7,9-10,12-14,18-19,22,29H,4,8,11,15-17,20H2,1-3H3;1-2H3;1H/t22-,29?;;/m0../s1. The monoisotopic (exact) mass is 469 g/mol. The number of hydrogen-bond acceptors (Lipinski definition) is 2. The Morgan fingerprint density at radius 2 is 1.86 bits per heavy atom. The van der Waals surface area contributed by atoms with Crippen LogP contribution in [-0.2, 0) is 17.6 Å². The first kappa shape index (κ1) is 25.4. The van der Waals surface area contributed by atoms with E-state index in [4.69, 9.17) is 9.73 Å². The van der Waals surface area contributed by atoms with Crippen LogP contribution in [-0.4, -0.2) is 18.9 Å². The molecule has 2 nitrogen and oxygen atoms in total. The highest BCUT2D eigenvalue weighted by molar-refractivity contribution is 6.05. The summed E-state index contributed by atoms with van der Waals surface area (Å²) in [5.74, 6) is 0.938. The van der Waals surface area contributed by atoms with Crippen molar-refractivity contribution in [1.29, 1.82) is 0 Å². The Balaban J connectivity index is 0.00000117. The number of benzene rings is 2. The molecule has 3 aliphatic rings. The molecule has 2 atom stereocenters. The third-order valence-corrected chi connectivity index (χ3v) is 7.51. The van der Waals surface area contributed by atoms with Crippen LogP contribution in [0.3, 0.4) is 0 Å². The van der Waals surface area contributed by atoms with Gasteiger partial charge in [-0.3, -0.25) is 4.99 Å². The van der Waals surface area contributed by atoms with Crippen molar-refractivity contribution >= 4 is 5.71 Å². The summed E-state index contributed by atoms with van der Waals surface area (Å²) in [6.07, 6.45) is 14.1. The average Bonchev–Trinajstić information content (AvgIpc) is 3.34. The lowest BCUT2D eigenvalue weighted by Crippen LogP contribution is -2.32. The minimum atomic E-state index is 0. The van der Waals surface area contributed by atoms with E-state index >= 15 is 0 Å². The minimum absolute atomic E-state index is 0. The van der Waals surface area contributed by atoms with E-state index in [1.165, 1.54) is 50.4 Å². The molecule has 0 spiro atoms. The van der Waals surface area contributed by atoms with Crippen LogP contribution in [0, 0.1) is 18.8 Å². The number of fused-ring (bicyclic) bond motifs is 1. The highest BCUT2D eigenvalue weighted by atomic mass is 16.5. The van der Waals surface area contributed by atoms with Crippen LogP contribution in [0.15, 0.2) is 77.0 Å². The number of aryl methyl sites for hydroxylation is 2. The normalized spacial score (nSPS) is 21.2. The molecule has 1 aliphatic carbocycles. The first-order chi connectivity index (χ1) is 17.1. The molecule has 2 aromatic carbocycles. The Morgan fingerprint density at radius 1 is 1.06 bits per heavy atom. The molecule has 1 saturated heterocycles. The average molecular weight is 470 g/mol. The van der Waals surface area contributed by atoms with Crippen molar-refractivity contribution < 1.29 is 6.16 Å². The van der Waals surface area contributed by atoms with Gasteiger partial charge in [0.25, 0.3) is 0 Å². The summed E-state index contributed by atoms with van der Waals surface area (Å²) in [5.41, 5.74) is 12.1. The van der Waals surface area contributed by atoms with Gasteiger partial charge < -0.3 is 4.74 Å². The van der Waals surface area contributed by atoms with E-state index in [1.807, 2.05) is 13.8 Å². The van der Waals surface area contributed by atoms with Crippen molar-refractivity contribution in [1.82, 2.24) is 0 Å². The summed E-state index contributed by atoms with van der Waals surface area (Å²) < 4.78 is 5.78. The molecule has 0 N–H and O–H groups in total. The lowest BCUT2D eigenvalue weighted by Gasteiger charge is -2.31. The van der Waals surface area contributed by atoms with E-state index in [-0.39, 0.29) is 1.43 Å². The molecule has 35 heavy (non-hydrogen) atoms. The summed E-state index contributed by atoms with van der Waals surface area (Å²) in [7, 11) is 0. The number of hydrogen-bond donors (Lipinski definition) is 0. The maximum Gasteiger partial charge on any atom is 0.0517 e. The van der Waals surface area contributed by atoms with Gasteiger partial charge in [0.1, 0.15) is 0 Å². The smallest absolute Gasteiger partial charge is 0.0517 e. The first-order valence-electron chi connectivity index (χ1n) is 13.6. The van der Waals surface area contributed by atoms with Gasteiger partial charge in [-0.05, 0) is 71.9 Å². The van der Waals surface area contributed by atoms with E-state index in [0.717, 1.165) is 45.3 Å². The van der Waals surface area contributed by atoms with Gasteiger partial charge in [-0.2, -0.15) is 0 Å². The molecule has 2 aliphatic heterocycles. The second-order valence-corrected chi connectivity index (χ2v) is 9.84. The topological polar surface area (TPSA) is 21.6 Å². The van der Waals surface area contributed by atoms with E-state index in [2.05, 4.69) is 81.5 Å². The molecule has 0 aromatic heterocycles. The second-order valence-electron chi connectivity index (χ2n) is 9.84. The van der Waals surface area contributed by atoms with Crippen LogP contribution in [0.2, 0.25) is 0 Å². The van der Waals surface area contributed by atoms with Crippen LogP contribution in [0.5, 0.6) is 0 Å². The van der Waals surface area contributed by atoms with Gasteiger partial charge in [0, 0.05) is 32.7 Å². The zero-order chi connectivity index (χ0) is 24.8. The fourth-order valence-electron chi connectivity index (χ4n) is 5.45. The maximum atomic E-state index is 5.78. The predicted molar refractivity (Wildman–Crippen MR) is 152 cm³/mol. The molecule has 0 radical (unpaired) electrons.